The smallest absolute Gasteiger partial charge is 0.312 e. The second-order valence-electron chi connectivity index (χ2n) is 2.71. The average molecular weight is 208 g/mol. The fourth-order valence-corrected chi connectivity index (χ4v) is 1.38. The Kier molecular flexibility index (Phi) is 2.33. The maximum absolute atomic E-state index is 11.1. The number of rotatable bonds is 1. The minimum absolute atomic E-state index is 0.290. The van der Waals surface area contributed by atoms with Crippen molar-refractivity contribution in [2.45, 2.75) is 0 Å². The van der Waals surface area contributed by atoms with Crippen molar-refractivity contribution < 1.29 is 9.63 Å². The molecule has 4 heteroatoms. The van der Waals surface area contributed by atoms with Crippen molar-refractivity contribution in [2.75, 3.05) is 0 Å². The molecule has 14 heavy (non-hydrogen) atoms. The molecule has 0 aromatic heterocycles. The van der Waals surface area contributed by atoms with Crippen LogP contribution in [0.1, 0.15) is 5.56 Å². The lowest BCUT2D eigenvalue weighted by Gasteiger charge is -1.96. The second-order valence-corrected chi connectivity index (χ2v) is 2.93. The Morgan fingerprint density at radius 3 is 2.64 bits per heavy atom. The molecular weight excluding hydrogens is 202 g/mol. The number of carbonyl (C=O) groups excluding carboxylic acids is 1. The van der Waals surface area contributed by atoms with Gasteiger partial charge in [0.25, 0.3) is 0 Å². The molecule has 1 aromatic carbocycles. The highest BCUT2D eigenvalue weighted by Gasteiger charge is 2.25. The maximum Gasteiger partial charge on any atom is 0.368 e. The van der Waals surface area contributed by atoms with Crippen LogP contribution in [0, 0.1) is 0 Å². The summed E-state index contributed by atoms with van der Waals surface area (Å²) in [5, 5.41) is 3.65. The summed E-state index contributed by atoms with van der Waals surface area (Å²) < 4.78 is 0. The average Bonchev–Trinajstić information content (AvgIpc) is 2.61. The number of nitrogens with zero attached hydrogens (tertiary/aromatic N) is 1. The first-order chi connectivity index (χ1) is 6.83. The zero-order chi connectivity index (χ0) is 9.97. The molecule has 0 bridgehead atoms. The Morgan fingerprint density at radius 1 is 1.29 bits per heavy atom. The van der Waals surface area contributed by atoms with E-state index in [4.69, 9.17) is 11.6 Å². The summed E-state index contributed by atoms with van der Waals surface area (Å²) in [5.74, 6) is -0.515. The number of hydrogen-bond donors (Lipinski definition) is 0. The number of carbonyl (C=O) groups is 1. The first-order valence-electron chi connectivity index (χ1n) is 3.98. The Bertz CT molecular complexity index is 423. The zero-order valence-electron chi connectivity index (χ0n) is 7.11. The summed E-state index contributed by atoms with van der Waals surface area (Å²) in [6, 6.07) is 9.26. The fraction of sp³-hybridized carbons (Fsp3) is 0. The van der Waals surface area contributed by atoms with E-state index in [0.29, 0.717) is 5.71 Å². The highest BCUT2D eigenvalue weighted by Crippen LogP contribution is 2.18. The lowest BCUT2D eigenvalue weighted by Crippen LogP contribution is -2.05. The molecule has 0 saturated heterocycles. The van der Waals surface area contributed by atoms with Gasteiger partial charge in [0.05, 0.1) is 0 Å². The molecule has 1 aliphatic rings. The molecular formula is C10H6ClNO2. The van der Waals surface area contributed by atoms with Crippen LogP contribution in [0.5, 0.6) is 0 Å². The van der Waals surface area contributed by atoms with Crippen molar-refractivity contribution in [2.24, 2.45) is 5.16 Å². The normalized spacial score (nSPS) is 18.2. The SMILES string of the molecule is O=C1ON=C(c2ccccc2)/C1=C\Cl. The maximum atomic E-state index is 11.1. The van der Waals surface area contributed by atoms with E-state index < -0.39 is 5.97 Å². The lowest BCUT2D eigenvalue weighted by molar-refractivity contribution is -0.136. The molecule has 3 nitrogen and oxygen atoms in total. The van der Waals surface area contributed by atoms with Crippen molar-refractivity contribution in [3.05, 3.63) is 47.0 Å². The van der Waals surface area contributed by atoms with Crippen LogP contribution in [-0.4, -0.2) is 11.7 Å². The van der Waals surface area contributed by atoms with Gasteiger partial charge in [0.1, 0.15) is 11.3 Å². The molecule has 0 aliphatic carbocycles. The Labute approximate surface area is 85.6 Å². The van der Waals surface area contributed by atoms with Crippen LogP contribution in [0.4, 0.5) is 0 Å². The molecule has 1 aromatic rings. The summed E-state index contributed by atoms with van der Waals surface area (Å²) in [6.45, 7) is 0. The first-order valence-corrected chi connectivity index (χ1v) is 4.42. The van der Waals surface area contributed by atoms with Gasteiger partial charge in [0.15, 0.2) is 0 Å². The summed E-state index contributed by atoms with van der Waals surface area (Å²) in [7, 11) is 0. The molecule has 0 unspecified atom stereocenters. The predicted octanol–water partition coefficient (Wildman–Crippen LogP) is 2.07. The molecule has 0 amide bonds. The third-order valence-electron chi connectivity index (χ3n) is 1.85. The van der Waals surface area contributed by atoms with Gasteiger partial charge in [-0.05, 0) is 0 Å². The van der Waals surface area contributed by atoms with Crippen LogP contribution in [0.2, 0.25) is 0 Å². The minimum atomic E-state index is -0.515. The summed E-state index contributed by atoms with van der Waals surface area (Å²) >= 11 is 5.50. The molecule has 0 atom stereocenters. The van der Waals surface area contributed by atoms with Gasteiger partial charge < -0.3 is 4.84 Å². The van der Waals surface area contributed by atoms with Gasteiger partial charge in [0, 0.05) is 11.1 Å². The van der Waals surface area contributed by atoms with E-state index in [-0.39, 0.29) is 5.57 Å². The van der Waals surface area contributed by atoms with Crippen molar-refractivity contribution in [1.82, 2.24) is 0 Å². The number of benzene rings is 1. The van der Waals surface area contributed by atoms with E-state index in [0.717, 1.165) is 5.56 Å². The van der Waals surface area contributed by atoms with E-state index >= 15 is 0 Å². The highest BCUT2D eigenvalue weighted by molar-refractivity contribution is 6.36. The monoisotopic (exact) mass is 207 g/mol. The number of halogens is 1. The zero-order valence-corrected chi connectivity index (χ0v) is 7.86. The predicted molar refractivity (Wildman–Crippen MR) is 53.0 cm³/mol. The molecule has 0 N–H and O–H groups in total. The van der Waals surface area contributed by atoms with Crippen LogP contribution in [0.25, 0.3) is 0 Å². The number of hydrogen-bond acceptors (Lipinski definition) is 3. The molecule has 70 valence electrons. The Balaban J connectivity index is 2.42. The molecule has 0 saturated carbocycles. The van der Waals surface area contributed by atoms with Crippen LogP contribution >= 0.6 is 11.6 Å². The third kappa shape index (κ3) is 1.42. The molecule has 2 rings (SSSR count). The quantitative estimate of drug-likeness (QED) is 0.522. The van der Waals surface area contributed by atoms with E-state index in [9.17, 15) is 4.79 Å². The largest absolute Gasteiger partial charge is 0.368 e. The van der Waals surface area contributed by atoms with Gasteiger partial charge in [-0.1, -0.05) is 47.1 Å². The van der Waals surface area contributed by atoms with Gasteiger partial charge in [-0.3, -0.25) is 0 Å². The standard InChI is InChI=1S/C10H6ClNO2/c11-6-8-9(12-14-10(8)13)7-4-2-1-3-5-7/h1-6H/b8-6+. The Morgan fingerprint density at radius 2 is 2.00 bits per heavy atom. The summed E-state index contributed by atoms with van der Waals surface area (Å²) in [6.07, 6.45) is 0. The topological polar surface area (TPSA) is 38.7 Å². The van der Waals surface area contributed by atoms with E-state index in [1.807, 2.05) is 30.3 Å². The van der Waals surface area contributed by atoms with Gasteiger partial charge in [0.2, 0.25) is 0 Å². The van der Waals surface area contributed by atoms with E-state index in [2.05, 4.69) is 9.99 Å². The van der Waals surface area contributed by atoms with Crippen LogP contribution < -0.4 is 0 Å². The summed E-state index contributed by atoms with van der Waals surface area (Å²) in [5.41, 5.74) is 2.76. The van der Waals surface area contributed by atoms with Crippen LogP contribution in [0.3, 0.4) is 0 Å². The molecule has 1 aliphatic heterocycles. The molecule has 0 spiro atoms. The second kappa shape index (κ2) is 3.64. The van der Waals surface area contributed by atoms with Crippen molar-refractivity contribution >= 4 is 23.3 Å². The molecule has 0 radical (unpaired) electrons. The van der Waals surface area contributed by atoms with Gasteiger partial charge >= 0.3 is 5.97 Å². The lowest BCUT2D eigenvalue weighted by atomic mass is 10.1. The van der Waals surface area contributed by atoms with E-state index in [1.165, 1.54) is 5.54 Å². The van der Waals surface area contributed by atoms with Crippen molar-refractivity contribution in [1.29, 1.82) is 0 Å². The molecule has 1 heterocycles. The highest BCUT2D eigenvalue weighted by atomic mass is 35.5. The van der Waals surface area contributed by atoms with Crippen LogP contribution in [-0.2, 0) is 9.63 Å². The molecule has 0 fully saturated rings. The minimum Gasteiger partial charge on any atom is -0.312 e. The number of oxime groups is 1. The van der Waals surface area contributed by atoms with Gasteiger partial charge in [-0.2, -0.15) is 0 Å². The van der Waals surface area contributed by atoms with Crippen molar-refractivity contribution in [3.8, 4) is 0 Å². The Hall–Kier alpha value is -1.61. The third-order valence-corrected chi connectivity index (χ3v) is 2.07. The van der Waals surface area contributed by atoms with Gasteiger partial charge in [-0.15, -0.1) is 0 Å². The van der Waals surface area contributed by atoms with E-state index in [1.54, 1.807) is 0 Å². The summed E-state index contributed by atoms with van der Waals surface area (Å²) in [4.78, 5) is 15.6. The first kappa shape index (κ1) is 8.97. The van der Waals surface area contributed by atoms with Crippen LogP contribution in [0.15, 0.2) is 46.6 Å². The fourth-order valence-electron chi connectivity index (χ4n) is 1.18. The van der Waals surface area contributed by atoms with Gasteiger partial charge in [-0.25, -0.2) is 4.79 Å². The van der Waals surface area contributed by atoms with Crippen molar-refractivity contribution in [3.63, 3.8) is 0 Å².